The van der Waals surface area contributed by atoms with Crippen LogP contribution in [0, 0.1) is 18.2 Å². The largest absolute Gasteiger partial charge is 0.409 e. The number of oxime groups is 1. The molecule has 0 aliphatic heterocycles. The van der Waals surface area contributed by atoms with Crippen molar-refractivity contribution in [3.63, 3.8) is 0 Å². The third-order valence-corrected chi connectivity index (χ3v) is 3.86. The van der Waals surface area contributed by atoms with Gasteiger partial charge in [-0.25, -0.2) is 4.39 Å². The van der Waals surface area contributed by atoms with Crippen LogP contribution in [0.1, 0.15) is 31.2 Å². The maximum absolute atomic E-state index is 13.8. The summed E-state index contributed by atoms with van der Waals surface area (Å²) < 4.78 is 13.8. The van der Waals surface area contributed by atoms with Crippen LogP contribution in [-0.4, -0.2) is 17.0 Å². The van der Waals surface area contributed by atoms with Crippen molar-refractivity contribution < 1.29 is 14.4 Å². The van der Waals surface area contributed by atoms with Gasteiger partial charge in [0.15, 0.2) is 5.84 Å². The molecule has 0 unspecified atom stereocenters. The van der Waals surface area contributed by atoms with Crippen LogP contribution < -0.4 is 11.1 Å². The van der Waals surface area contributed by atoms with Crippen molar-refractivity contribution in [1.29, 1.82) is 0 Å². The molecular formula is C14H18FN3O2. The van der Waals surface area contributed by atoms with Crippen molar-refractivity contribution in [2.24, 2.45) is 16.3 Å². The Kier molecular flexibility index (Phi) is 3.92. The number of rotatable bonds is 3. The zero-order valence-corrected chi connectivity index (χ0v) is 11.3. The number of hydrogen-bond donors (Lipinski definition) is 3. The fourth-order valence-electron chi connectivity index (χ4n) is 2.64. The summed E-state index contributed by atoms with van der Waals surface area (Å²) in [5.74, 6) is -1.03. The summed E-state index contributed by atoms with van der Waals surface area (Å²) >= 11 is 0. The first-order chi connectivity index (χ1) is 9.49. The van der Waals surface area contributed by atoms with Crippen LogP contribution in [0.5, 0.6) is 0 Å². The Morgan fingerprint density at radius 3 is 2.65 bits per heavy atom. The molecular weight excluding hydrogens is 261 g/mol. The van der Waals surface area contributed by atoms with Gasteiger partial charge in [-0.1, -0.05) is 24.1 Å². The summed E-state index contributed by atoms with van der Waals surface area (Å²) in [6.07, 6.45) is 2.64. The molecule has 1 aliphatic rings. The summed E-state index contributed by atoms with van der Waals surface area (Å²) in [6, 6.07) is 4.57. The lowest BCUT2D eigenvalue weighted by Crippen LogP contribution is -2.45. The molecule has 0 atom stereocenters. The number of amides is 1. The molecule has 1 amide bonds. The second-order valence-corrected chi connectivity index (χ2v) is 5.21. The first-order valence-electron chi connectivity index (χ1n) is 6.55. The number of carbonyl (C=O) groups excluding carboxylic acids is 1. The molecule has 1 aromatic carbocycles. The van der Waals surface area contributed by atoms with Crippen LogP contribution in [0.4, 0.5) is 10.1 Å². The molecule has 6 heteroatoms. The monoisotopic (exact) mass is 279 g/mol. The highest BCUT2D eigenvalue weighted by molar-refractivity contribution is 6.12. The van der Waals surface area contributed by atoms with E-state index in [-0.39, 0.29) is 11.5 Å². The number of nitrogens with zero attached hydrogens (tertiary/aromatic N) is 1. The highest BCUT2D eigenvalue weighted by atomic mass is 19.1. The number of hydrogen-bond acceptors (Lipinski definition) is 3. The van der Waals surface area contributed by atoms with Gasteiger partial charge in [-0.05, 0) is 37.5 Å². The number of nitrogens with one attached hydrogen (secondary N) is 1. The normalized spacial score (nSPS) is 18.0. The minimum absolute atomic E-state index is 0.109. The molecule has 0 bridgehead atoms. The Labute approximate surface area is 116 Å². The molecule has 0 saturated heterocycles. The number of anilines is 1. The van der Waals surface area contributed by atoms with E-state index in [4.69, 9.17) is 10.9 Å². The van der Waals surface area contributed by atoms with Crippen molar-refractivity contribution in [2.45, 2.75) is 32.6 Å². The molecule has 1 fully saturated rings. The summed E-state index contributed by atoms with van der Waals surface area (Å²) in [5, 5.41) is 14.4. The van der Waals surface area contributed by atoms with Gasteiger partial charge < -0.3 is 16.3 Å². The predicted octanol–water partition coefficient (Wildman–Crippen LogP) is 2.38. The molecule has 0 radical (unpaired) electrons. The van der Waals surface area contributed by atoms with Gasteiger partial charge in [0, 0.05) is 0 Å². The number of benzene rings is 1. The van der Waals surface area contributed by atoms with Crippen molar-refractivity contribution in [3.05, 3.63) is 29.6 Å². The lowest BCUT2D eigenvalue weighted by molar-refractivity contribution is -0.122. The topological polar surface area (TPSA) is 87.7 Å². The van der Waals surface area contributed by atoms with Gasteiger partial charge in [-0.3, -0.25) is 4.79 Å². The van der Waals surface area contributed by atoms with Crippen LogP contribution in [0.25, 0.3) is 0 Å². The van der Waals surface area contributed by atoms with E-state index in [0.29, 0.717) is 12.8 Å². The molecule has 2 rings (SSSR count). The Hall–Kier alpha value is -2.11. The second kappa shape index (κ2) is 5.48. The standard InChI is InChI=1S/C14H18FN3O2/c1-9-4-5-11(10(15)8-9)17-13(19)14(12(16)18-20)6-2-3-7-14/h4-5,8,20H,2-3,6-7H2,1H3,(H2,16,18)(H,17,19). The summed E-state index contributed by atoms with van der Waals surface area (Å²) in [7, 11) is 0. The lowest BCUT2D eigenvalue weighted by Gasteiger charge is -2.26. The molecule has 1 saturated carbocycles. The zero-order valence-electron chi connectivity index (χ0n) is 11.3. The van der Waals surface area contributed by atoms with Gasteiger partial charge >= 0.3 is 0 Å². The van der Waals surface area contributed by atoms with Gasteiger partial charge in [0.2, 0.25) is 5.91 Å². The Bertz CT molecular complexity index is 551. The van der Waals surface area contributed by atoms with E-state index in [1.54, 1.807) is 13.0 Å². The quantitative estimate of drug-likeness (QED) is 0.343. The zero-order chi connectivity index (χ0) is 14.8. The number of aryl methyl sites for hydroxylation is 1. The van der Waals surface area contributed by atoms with E-state index in [9.17, 15) is 9.18 Å². The predicted molar refractivity (Wildman–Crippen MR) is 74.1 cm³/mol. The molecule has 0 spiro atoms. The SMILES string of the molecule is Cc1ccc(NC(=O)C2(C(N)=NO)CCCC2)c(F)c1. The fraction of sp³-hybridized carbons (Fsp3) is 0.429. The van der Waals surface area contributed by atoms with E-state index in [2.05, 4.69) is 10.5 Å². The smallest absolute Gasteiger partial charge is 0.238 e. The van der Waals surface area contributed by atoms with Gasteiger partial charge in [0.25, 0.3) is 0 Å². The van der Waals surface area contributed by atoms with Crippen LogP contribution in [-0.2, 0) is 4.79 Å². The molecule has 0 aromatic heterocycles. The van der Waals surface area contributed by atoms with E-state index < -0.39 is 17.1 Å². The first kappa shape index (κ1) is 14.3. The van der Waals surface area contributed by atoms with Gasteiger partial charge in [0.05, 0.1) is 5.69 Å². The van der Waals surface area contributed by atoms with Gasteiger partial charge in [0.1, 0.15) is 11.2 Å². The molecule has 108 valence electrons. The van der Waals surface area contributed by atoms with Crippen LogP contribution in [0.3, 0.4) is 0 Å². The lowest BCUT2D eigenvalue weighted by atomic mass is 9.83. The Morgan fingerprint density at radius 2 is 2.10 bits per heavy atom. The van der Waals surface area contributed by atoms with Crippen LogP contribution in [0.2, 0.25) is 0 Å². The minimum Gasteiger partial charge on any atom is -0.409 e. The fourth-order valence-corrected chi connectivity index (χ4v) is 2.64. The molecule has 20 heavy (non-hydrogen) atoms. The molecule has 0 heterocycles. The molecule has 5 nitrogen and oxygen atoms in total. The number of amidine groups is 1. The van der Waals surface area contributed by atoms with Crippen molar-refractivity contribution in [3.8, 4) is 0 Å². The summed E-state index contributed by atoms with van der Waals surface area (Å²) in [6.45, 7) is 1.77. The Morgan fingerprint density at radius 1 is 1.45 bits per heavy atom. The van der Waals surface area contributed by atoms with E-state index >= 15 is 0 Å². The van der Waals surface area contributed by atoms with E-state index in [1.165, 1.54) is 12.1 Å². The third kappa shape index (κ3) is 2.45. The number of halogens is 1. The second-order valence-electron chi connectivity index (χ2n) is 5.21. The van der Waals surface area contributed by atoms with Crippen molar-refractivity contribution >= 4 is 17.4 Å². The summed E-state index contributed by atoms with van der Waals surface area (Å²) in [4.78, 5) is 12.4. The maximum atomic E-state index is 13.8. The average Bonchev–Trinajstić information content (AvgIpc) is 2.91. The minimum atomic E-state index is -1.04. The van der Waals surface area contributed by atoms with E-state index in [1.807, 2.05) is 0 Å². The molecule has 4 N–H and O–H groups in total. The average molecular weight is 279 g/mol. The van der Waals surface area contributed by atoms with Gasteiger partial charge in [-0.15, -0.1) is 0 Å². The number of nitrogens with two attached hydrogens (primary N) is 1. The third-order valence-electron chi connectivity index (χ3n) is 3.86. The first-order valence-corrected chi connectivity index (χ1v) is 6.55. The van der Waals surface area contributed by atoms with Crippen molar-refractivity contribution in [2.75, 3.05) is 5.32 Å². The van der Waals surface area contributed by atoms with E-state index in [0.717, 1.165) is 18.4 Å². The van der Waals surface area contributed by atoms with Gasteiger partial charge in [-0.2, -0.15) is 0 Å². The molecule has 1 aromatic rings. The highest BCUT2D eigenvalue weighted by Gasteiger charge is 2.45. The van der Waals surface area contributed by atoms with Crippen molar-refractivity contribution in [1.82, 2.24) is 0 Å². The highest BCUT2D eigenvalue weighted by Crippen LogP contribution is 2.39. The Balaban J connectivity index is 2.26. The van der Waals surface area contributed by atoms with Crippen LogP contribution >= 0.6 is 0 Å². The number of carbonyl (C=O) groups is 1. The summed E-state index contributed by atoms with van der Waals surface area (Å²) in [5.41, 5.74) is 5.52. The molecule has 1 aliphatic carbocycles. The van der Waals surface area contributed by atoms with Crippen LogP contribution in [0.15, 0.2) is 23.4 Å². The maximum Gasteiger partial charge on any atom is 0.238 e.